The van der Waals surface area contributed by atoms with Gasteiger partial charge in [-0.25, -0.2) is 0 Å². The molecule has 0 saturated heterocycles. The normalized spacial score (nSPS) is 10.7. The van der Waals surface area contributed by atoms with Crippen LogP contribution in [-0.4, -0.2) is 4.57 Å². The van der Waals surface area contributed by atoms with Crippen LogP contribution >= 0.6 is 0 Å². The van der Waals surface area contributed by atoms with E-state index in [-0.39, 0.29) is 0 Å². The van der Waals surface area contributed by atoms with Gasteiger partial charge in [-0.3, -0.25) is 0 Å². The largest absolute Gasteiger partial charge is 0.340 e. The van der Waals surface area contributed by atoms with Crippen molar-refractivity contribution in [2.75, 3.05) is 0 Å². The third-order valence-electron chi connectivity index (χ3n) is 5.33. The van der Waals surface area contributed by atoms with Gasteiger partial charge in [0.25, 0.3) is 0 Å². The van der Waals surface area contributed by atoms with Crippen LogP contribution in [0.3, 0.4) is 0 Å². The van der Waals surface area contributed by atoms with E-state index in [0.717, 1.165) is 17.7 Å². The average Bonchev–Trinajstić information content (AvgIpc) is 3.14. The molecule has 1 heteroatoms. The van der Waals surface area contributed by atoms with Crippen LogP contribution in [0.4, 0.5) is 0 Å². The molecule has 29 heavy (non-hydrogen) atoms. The molecule has 0 atom stereocenters. The number of unbranched alkanes of at least 4 members (excludes halogenated alkanes) is 3. The summed E-state index contributed by atoms with van der Waals surface area (Å²) in [4.78, 5) is 0. The number of rotatable bonds is 6. The Hall–Kier alpha value is -3.24. The summed E-state index contributed by atoms with van der Waals surface area (Å²) in [7, 11) is 0. The molecule has 3 aromatic carbocycles. The van der Waals surface area contributed by atoms with Crippen molar-refractivity contribution in [3.05, 3.63) is 96.1 Å². The van der Waals surface area contributed by atoms with Crippen LogP contribution in [0.25, 0.3) is 22.2 Å². The molecule has 144 valence electrons. The summed E-state index contributed by atoms with van der Waals surface area (Å²) in [6.45, 7) is 3.31. The molecular formula is C28H27N. The summed E-state index contributed by atoms with van der Waals surface area (Å²) in [6.07, 6.45) is 5.04. The highest BCUT2D eigenvalue weighted by Crippen LogP contribution is 2.29. The number of aryl methyl sites for hydroxylation is 1. The lowest BCUT2D eigenvalue weighted by Gasteiger charge is -2.11. The van der Waals surface area contributed by atoms with Crippen LogP contribution in [0.5, 0.6) is 0 Å². The zero-order valence-corrected chi connectivity index (χ0v) is 17.1. The van der Waals surface area contributed by atoms with Gasteiger partial charge in [0, 0.05) is 34.3 Å². The third-order valence-corrected chi connectivity index (χ3v) is 5.33. The van der Waals surface area contributed by atoms with Gasteiger partial charge in [-0.15, -0.1) is 0 Å². The van der Waals surface area contributed by atoms with Gasteiger partial charge in [0.05, 0.1) is 0 Å². The van der Waals surface area contributed by atoms with E-state index in [1.165, 1.54) is 47.8 Å². The fourth-order valence-electron chi connectivity index (χ4n) is 3.78. The Labute approximate surface area is 174 Å². The topological polar surface area (TPSA) is 4.93 Å². The molecule has 0 saturated carbocycles. The first kappa shape index (κ1) is 19.1. The van der Waals surface area contributed by atoms with Gasteiger partial charge in [0.15, 0.2) is 0 Å². The Bertz CT molecular complexity index is 1120. The maximum atomic E-state index is 3.34. The molecule has 4 aromatic rings. The molecule has 4 rings (SSSR count). The second kappa shape index (κ2) is 9.30. The Kier molecular flexibility index (Phi) is 6.13. The second-order valence-corrected chi connectivity index (χ2v) is 7.50. The number of fused-ring (bicyclic) bond motifs is 1. The fraction of sp³-hybridized carbons (Fsp3) is 0.214. The van der Waals surface area contributed by atoms with Gasteiger partial charge < -0.3 is 4.57 Å². The minimum Gasteiger partial charge on any atom is -0.340 e. The van der Waals surface area contributed by atoms with E-state index < -0.39 is 0 Å². The lowest BCUT2D eigenvalue weighted by molar-refractivity contribution is 0.596. The van der Waals surface area contributed by atoms with Gasteiger partial charge in [-0.1, -0.05) is 92.6 Å². The predicted molar refractivity (Wildman–Crippen MR) is 124 cm³/mol. The summed E-state index contributed by atoms with van der Waals surface area (Å²) < 4.78 is 2.48. The van der Waals surface area contributed by atoms with Crippen molar-refractivity contribution >= 4 is 10.9 Å². The maximum absolute atomic E-state index is 3.34. The molecule has 1 aromatic heterocycles. The molecular weight excluding hydrogens is 350 g/mol. The highest BCUT2D eigenvalue weighted by atomic mass is 15.0. The zero-order chi connectivity index (χ0) is 19.9. The summed E-state index contributed by atoms with van der Waals surface area (Å²) in [5.74, 6) is 6.63. The Morgan fingerprint density at radius 1 is 0.690 bits per heavy atom. The monoisotopic (exact) mass is 377 g/mol. The molecule has 0 aliphatic rings. The van der Waals surface area contributed by atoms with E-state index in [4.69, 9.17) is 0 Å². The molecule has 0 fully saturated rings. The minimum absolute atomic E-state index is 1.04. The molecule has 0 spiro atoms. The molecule has 1 nitrogen and oxygen atoms in total. The van der Waals surface area contributed by atoms with Gasteiger partial charge in [0.2, 0.25) is 0 Å². The SMILES string of the molecule is CCCCCCn1c(-c2ccccc2)cc2ccc(C#Cc3ccccc3)cc21. The first-order valence-electron chi connectivity index (χ1n) is 10.6. The zero-order valence-electron chi connectivity index (χ0n) is 17.1. The average molecular weight is 378 g/mol. The standard InChI is InChI=1S/C28H27N/c1-2-3-4-11-20-29-27-21-24(17-16-23-12-7-5-8-13-23)18-19-26(27)22-28(29)25-14-9-6-10-15-25/h5-10,12-15,18-19,21-22H,2-4,11,20H2,1H3. The van der Waals surface area contributed by atoms with E-state index in [2.05, 4.69) is 90.1 Å². The minimum atomic E-state index is 1.04. The quantitative estimate of drug-likeness (QED) is 0.246. The molecule has 0 aliphatic carbocycles. The second-order valence-electron chi connectivity index (χ2n) is 7.50. The molecule has 0 N–H and O–H groups in total. The highest BCUT2D eigenvalue weighted by Gasteiger charge is 2.11. The van der Waals surface area contributed by atoms with Gasteiger partial charge >= 0.3 is 0 Å². The van der Waals surface area contributed by atoms with E-state index in [1.54, 1.807) is 0 Å². The van der Waals surface area contributed by atoms with E-state index in [9.17, 15) is 0 Å². The number of benzene rings is 3. The van der Waals surface area contributed by atoms with Gasteiger partial charge in [-0.05, 0) is 42.3 Å². The van der Waals surface area contributed by atoms with Crippen molar-refractivity contribution in [2.45, 2.75) is 39.2 Å². The molecule has 0 amide bonds. The van der Waals surface area contributed by atoms with E-state index in [1.807, 2.05) is 18.2 Å². The third kappa shape index (κ3) is 4.61. The smallest absolute Gasteiger partial charge is 0.0497 e. The fourth-order valence-corrected chi connectivity index (χ4v) is 3.78. The number of aromatic nitrogens is 1. The van der Waals surface area contributed by atoms with Crippen LogP contribution in [-0.2, 0) is 6.54 Å². The van der Waals surface area contributed by atoms with Crippen LogP contribution in [0.2, 0.25) is 0 Å². The lowest BCUT2D eigenvalue weighted by atomic mass is 10.1. The summed E-state index contributed by atoms with van der Waals surface area (Å²) >= 11 is 0. The van der Waals surface area contributed by atoms with Crippen molar-refractivity contribution in [1.29, 1.82) is 0 Å². The van der Waals surface area contributed by atoms with Crippen molar-refractivity contribution in [1.82, 2.24) is 4.57 Å². The number of nitrogens with zero attached hydrogens (tertiary/aromatic N) is 1. The highest BCUT2D eigenvalue weighted by molar-refractivity contribution is 5.88. The van der Waals surface area contributed by atoms with Gasteiger partial charge in [0.1, 0.15) is 0 Å². The first-order valence-corrected chi connectivity index (χ1v) is 10.6. The molecule has 1 heterocycles. The molecule has 0 radical (unpaired) electrons. The number of hydrogen-bond acceptors (Lipinski definition) is 0. The molecule has 0 aliphatic heterocycles. The van der Waals surface area contributed by atoms with Gasteiger partial charge in [-0.2, -0.15) is 0 Å². The summed E-state index contributed by atoms with van der Waals surface area (Å²) in [5, 5.41) is 1.28. The van der Waals surface area contributed by atoms with Crippen molar-refractivity contribution in [2.24, 2.45) is 0 Å². The Morgan fingerprint density at radius 3 is 2.17 bits per heavy atom. The Balaban J connectivity index is 1.73. The molecule has 0 bridgehead atoms. The lowest BCUT2D eigenvalue weighted by Crippen LogP contribution is -2.00. The van der Waals surface area contributed by atoms with Crippen LogP contribution < -0.4 is 0 Å². The molecule has 0 unspecified atom stereocenters. The van der Waals surface area contributed by atoms with E-state index in [0.29, 0.717) is 0 Å². The van der Waals surface area contributed by atoms with Crippen molar-refractivity contribution in [3.8, 4) is 23.1 Å². The van der Waals surface area contributed by atoms with Crippen molar-refractivity contribution in [3.63, 3.8) is 0 Å². The van der Waals surface area contributed by atoms with Crippen LogP contribution in [0.15, 0.2) is 84.9 Å². The van der Waals surface area contributed by atoms with Crippen LogP contribution in [0, 0.1) is 11.8 Å². The van der Waals surface area contributed by atoms with E-state index >= 15 is 0 Å². The predicted octanol–water partition coefficient (Wildman–Crippen LogP) is 7.29. The van der Waals surface area contributed by atoms with Crippen molar-refractivity contribution < 1.29 is 0 Å². The first-order chi connectivity index (χ1) is 14.3. The van der Waals surface area contributed by atoms with Crippen LogP contribution in [0.1, 0.15) is 43.7 Å². The summed E-state index contributed by atoms with van der Waals surface area (Å²) in [5.41, 5.74) is 5.96. The summed E-state index contributed by atoms with van der Waals surface area (Å²) in [6, 6.07) is 29.8. The number of hydrogen-bond donors (Lipinski definition) is 0. The maximum Gasteiger partial charge on any atom is 0.0497 e. The Morgan fingerprint density at radius 2 is 1.41 bits per heavy atom.